The van der Waals surface area contributed by atoms with E-state index in [0.717, 1.165) is 52.4 Å². The van der Waals surface area contributed by atoms with E-state index in [1.807, 2.05) is 45.0 Å². The van der Waals surface area contributed by atoms with Crippen LogP contribution in [0, 0.1) is 5.92 Å². The second kappa shape index (κ2) is 15.6. The third-order valence-electron chi connectivity index (χ3n) is 9.46. The molecule has 0 aliphatic heterocycles. The van der Waals surface area contributed by atoms with E-state index in [-0.39, 0.29) is 23.0 Å². The minimum Gasteiger partial charge on any atom is -0.507 e. The van der Waals surface area contributed by atoms with E-state index >= 15 is 0 Å². The fourth-order valence-corrected chi connectivity index (χ4v) is 6.85. The van der Waals surface area contributed by atoms with Gasteiger partial charge in [0, 0.05) is 57.7 Å². The lowest BCUT2D eigenvalue weighted by Gasteiger charge is -2.35. The number of benzene rings is 5. The van der Waals surface area contributed by atoms with Crippen LogP contribution in [-0.2, 0) is 23.8 Å². The Bertz CT molecular complexity index is 1870. The van der Waals surface area contributed by atoms with E-state index in [9.17, 15) is 10.2 Å². The van der Waals surface area contributed by atoms with Crippen LogP contribution in [0.25, 0.3) is 0 Å². The van der Waals surface area contributed by atoms with Gasteiger partial charge in [0.1, 0.15) is 11.5 Å². The van der Waals surface area contributed by atoms with Gasteiger partial charge in [-0.15, -0.1) is 0 Å². The van der Waals surface area contributed by atoms with Crippen LogP contribution in [-0.4, -0.2) is 16.3 Å². The van der Waals surface area contributed by atoms with E-state index < -0.39 is 5.41 Å². The first-order valence-corrected chi connectivity index (χ1v) is 18.3. The summed E-state index contributed by atoms with van der Waals surface area (Å²) in [5, 5.41) is 30.0. The number of para-hydroxylation sites is 1. The molecule has 0 aromatic heterocycles. The van der Waals surface area contributed by atoms with Crippen molar-refractivity contribution in [3.8, 4) is 11.5 Å². The number of hydrogen-bond donors (Lipinski definition) is 4. The summed E-state index contributed by atoms with van der Waals surface area (Å²) < 4.78 is 0. The van der Waals surface area contributed by atoms with Gasteiger partial charge >= 0.3 is 0 Å². The molecule has 0 amide bonds. The molecule has 0 fully saturated rings. The van der Waals surface area contributed by atoms with Crippen LogP contribution in [0.15, 0.2) is 109 Å². The Hall–Kier alpha value is -4.90. The van der Waals surface area contributed by atoms with E-state index in [2.05, 4.69) is 142 Å². The maximum Gasteiger partial charge on any atom is 0.128 e. The molecular formula is C46H57N3O2. The van der Waals surface area contributed by atoms with Crippen molar-refractivity contribution in [1.29, 1.82) is 0 Å². The van der Waals surface area contributed by atoms with Crippen molar-refractivity contribution in [3.05, 3.63) is 137 Å². The monoisotopic (exact) mass is 683 g/mol. The molecule has 51 heavy (non-hydrogen) atoms. The number of anilines is 5. The lowest BCUT2D eigenvalue weighted by molar-refractivity contribution is 0.392. The van der Waals surface area contributed by atoms with Crippen LogP contribution >= 0.6 is 0 Å². The summed E-state index contributed by atoms with van der Waals surface area (Å²) in [5.41, 5.74) is 9.44. The normalized spacial score (nSPS) is 12.5. The number of phenolic OH excluding ortho intramolecular Hbond substituents is 2. The molecule has 5 nitrogen and oxygen atoms in total. The fraction of sp³-hybridized carbons (Fsp3) is 0.348. The van der Waals surface area contributed by atoms with Gasteiger partial charge in [-0.1, -0.05) is 97.9 Å². The third-order valence-corrected chi connectivity index (χ3v) is 9.46. The zero-order valence-electron chi connectivity index (χ0n) is 32.0. The Kier molecular flexibility index (Phi) is 11.4. The first-order valence-electron chi connectivity index (χ1n) is 18.3. The molecule has 0 radical (unpaired) electrons. The Morgan fingerprint density at radius 2 is 1.06 bits per heavy atom. The Morgan fingerprint density at radius 3 is 1.51 bits per heavy atom. The lowest BCUT2D eigenvalue weighted by atomic mass is 9.77. The van der Waals surface area contributed by atoms with Gasteiger partial charge < -0.3 is 25.7 Å². The van der Waals surface area contributed by atoms with Crippen LogP contribution in [0.1, 0.15) is 96.6 Å². The molecule has 1 atom stereocenters. The maximum atomic E-state index is 11.6. The largest absolute Gasteiger partial charge is 0.507 e. The molecule has 0 spiro atoms. The second-order valence-electron chi connectivity index (χ2n) is 16.5. The number of nitrogens with one attached hydrogen (secondary N) is 2. The summed E-state index contributed by atoms with van der Waals surface area (Å²) in [5.74, 6) is 0.909. The molecule has 5 aromatic rings. The van der Waals surface area contributed by atoms with Gasteiger partial charge in [-0.3, -0.25) is 0 Å². The first-order chi connectivity index (χ1) is 24.1. The quantitative estimate of drug-likeness (QED) is 0.105. The standard InChI is InChI=1S/C46H57N3O2/c1-31(2)27-32(3)49(30-35-29-41(45(4,5)6)44(51)42(43(35)50)46(7,8)9)40-25-23-39(24-26-40)48-38-21-17-34(18-22-38)28-33-15-19-37(20-16-33)47-36-13-11-10-12-14-36/h10-26,29,31-32,47-48,50-51H,27-28,30H2,1-9H3. The summed E-state index contributed by atoms with van der Waals surface area (Å²) in [6.07, 6.45) is 1.88. The average molecular weight is 684 g/mol. The molecule has 1 unspecified atom stereocenters. The molecular weight excluding hydrogens is 627 g/mol. The minimum atomic E-state index is -0.421. The molecule has 0 bridgehead atoms. The van der Waals surface area contributed by atoms with Crippen molar-refractivity contribution in [1.82, 2.24) is 0 Å². The van der Waals surface area contributed by atoms with Crippen molar-refractivity contribution in [2.24, 2.45) is 5.92 Å². The molecule has 268 valence electrons. The molecule has 5 heteroatoms. The molecule has 0 aliphatic carbocycles. The molecule has 0 heterocycles. The highest BCUT2D eigenvalue weighted by Crippen LogP contribution is 2.46. The summed E-state index contributed by atoms with van der Waals surface area (Å²) in [6, 6.07) is 38.3. The fourth-order valence-electron chi connectivity index (χ4n) is 6.85. The topological polar surface area (TPSA) is 67.8 Å². The smallest absolute Gasteiger partial charge is 0.128 e. The maximum absolute atomic E-state index is 11.6. The first kappa shape index (κ1) is 37.4. The number of hydrogen-bond acceptors (Lipinski definition) is 5. The van der Waals surface area contributed by atoms with Crippen molar-refractivity contribution in [3.63, 3.8) is 0 Å². The summed E-state index contributed by atoms with van der Waals surface area (Å²) in [7, 11) is 0. The SMILES string of the molecule is CC(C)CC(C)N(Cc1cc(C(C)(C)C)c(O)c(C(C)(C)C)c1O)c1ccc(Nc2ccc(Cc3ccc(Nc4ccccc4)cc3)cc2)cc1. The van der Waals surface area contributed by atoms with Gasteiger partial charge in [0.25, 0.3) is 0 Å². The molecule has 0 aliphatic rings. The zero-order valence-corrected chi connectivity index (χ0v) is 32.0. The van der Waals surface area contributed by atoms with E-state index in [1.165, 1.54) is 11.1 Å². The van der Waals surface area contributed by atoms with Crippen molar-refractivity contribution in [2.75, 3.05) is 15.5 Å². The highest BCUT2D eigenvalue weighted by atomic mass is 16.3. The zero-order chi connectivity index (χ0) is 36.9. The Balaban J connectivity index is 1.30. The van der Waals surface area contributed by atoms with Crippen LogP contribution in [0.2, 0.25) is 0 Å². The average Bonchev–Trinajstić information content (AvgIpc) is 3.06. The van der Waals surface area contributed by atoms with Gasteiger partial charge in [0.05, 0.1) is 0 Å². The van der Waals surface area contributed by atoms with Gasteiger partial charge in [-0.2, -0.15) is 0 Å². The highest BCUT2D eigenvalue weighted by molar-refractivity contribution is 5.65. The second-order valence-corrected chi connectivity index (χ2v) is 16.5. The minimum absolute atomic E-state index is 0.188. The van der Waals surface area contributed by atoms with Crippen LogP contribution in [0.3, 0.4) is 0 Å². The van der Waals surface area contributed by atoms with Gasteiger partial charge in [0.15, 0.2) is 0 Å². The van der Waals surface area contributed by atoms with Crippen molar-refractivity contribution in [2.45, 2.75) is 98.6 Å². The van der Waals surface area contributed by atoms with E-state index in [4.69, 9.17) is 0 Å². The highest BCUT2D eigenvalue weighted by Gasteiger charge is 2.31. The summed E-state index contributed by atoms with van der Waals surface area (Å²) in [4.78, 5) is 2.38. The third kappa shape index (κ3) is 9.67. The van der Waals surface area contributed by atoms with E-state index in [1.54, 1.807) is 0 Å². The van der Waals surface area contributed by atoms with Crippen molar-refractivity contribution < 1.29 is 10.2 Å². The summed E-state index contributed by atoms with van der Waals surface area (Å²) >= 11 is 0. The van der Waals surface area contributed by atoms with Crippen LogP contribution in [0.4, 0.5) is 28.4 Å². The number of rotatable bonds is 12. The van der Waals surface area contributed by atoms with Gasteiger partial charge in [-0.25, -0.2) is 0 Å². The van der Waals surface area contributed by atoms with Gasteiger partial charge in [0.2, 0.25) is 0 Å². The Morgan fingerprint density at radius 1 is 0.588 bits per heavy atom. The van der Waals surface area contributed by atoms with Crippen LogP contribution in [0.5, 0.6) is 11.5 Å². The molecule has 5 rings (SSSR count). The number of phenols is 2. The van der Waals surface area contributed by atoms with Crippen LogP contribution < -0.4 is 15.5 Å². The molecule has 4 N–H and O–H groups in total. The predicted octanol–water partition coefficient (Wildman–Crippen LogP) is 12.2. The Labute approximate surface area is 306 Å². The number of nitrogens with zero attached hydrogens (tertiary/aromatic N) is 1. The number of aromatic hydroxyl groups is 2. The van der Waals surface area contributed by atoms with Crippen molar-refractivity contribution >= 4 is 28.4 Å². The molecule has 0 saturated heterocycles. The lowest BCUT2D eigenvalue weighted by Crippen LogP contribution is -2.34. The molecule has 0 saturated carbocycles. The van der Waals surface area contributed by atoms with Gasteiger partial charge in [-0.05, 0) is 114 Å². The summed E-state index contributed by atoms with van der Waals surface area (Å²) in [6.45, 7) is 19.7. The predicted molar refractivity (Wildman–Crippen MR) is 217 cm³/mol. The molecule has 5 aromatic carbocycles. The van der Waals surface area contributed by atoms with E-state index in [0.29, 0.717) is 18.0 Å².